The van der Waals surface area contributed by atoms with Crippen molar-refractivity contribution < 1.29 is 9.53 Å². The van der Waals surface area contributed by atoms with E-state index in [1.165, 1.54) is 11.8 Å². The highest BCUT2D eigenvalue weighted by Crippen LogP contribution is 2.31. The van der Waals surface area contributed by atoms with Gasteiger partial charge in [0.25, 0.3) is 0 Å². The van der Waals surface area contributed by atoms with Gasteiger partial charge in [-0.25, -0.2) is 0 Å². The molecule has 0 aliphatic heterocycles. The highest BCUT2D eigenvalue weighted by molar-refractivity contribution is 8.00. The number of hydrogen-bond donors (Lipinski definition) is 1. The molecule has 0 saturated heterocycles. The Kier molecular flexibility index (Phi) is 5.21. The van der Waals surface area contributed by atoms with Crippen LogP contribution in [0.1, 0.15) is 6.92 Å². The van der Waals surface area contributed by atoms with Crippen LogP contribution >= 0.6 is 11.8 Å². The summed E-state index contributed by atoms with van der Waals surface area (Å²) in [5, 5.41) is 8.64. The third kappa shape index (κ3) is 3.30. The quantitative estimate of drug-likeness (QED) is 0.624. The molecule has 0 aliphatic carbocycles. The lowest BCUT2D eigenvalue weighted by Crippen LogP contribution is -2.23. The maximum Gasteiger partial charge on any atom is 0.230 e. The van der Waals surface area contributed by atoms with E-state index in [1.807, 2.05) is 28.8 Å². The molecule has 1 amide bonds. The van der Waals surface area contributed by atoms with Gasteiger partial charge < -0.3 is 10.5 Å². The van der Waals surface area contributed by atoms with Crippen LogP contribution in [0.2, 0.25) is 0 Å². The minimum atomic E-state index is -0.392. The first-order valence-electron chi connectivity index (χ1n) is 6.72. The Morgan fingerprint density at radius 3 is 2.86 bits per heavy atom. The molecule has 0 saturated carbocycles. The molecule has 7 heteroatoms. The molecule has 0 spiro atoms. The third-order valence-corrected chi connectivity index (χ3v) is 4.16. The first-order valence-corrected chi connectivity index (χ1v) is 7.60. The predicted molar refractivity (Wildman–Crippen MR) is 86.7 cm³/mol. The molecule has 2 rings (SSSR count). The number of benzene rings is 1. The minimum absolute atomic E-state index is 0.390. The number of rotatable bonds is 7. The van der Waals surface area contributed by atoms with Crippen molar-refractivity contribution in [3.63, 3.8) is 0 Å². The number of nitrogens with zero attached hydrogens (tertiary/aromatic N) is 3. The van der Waals surface area contributed by atoms with E-state index in [4.69, 9.17) is 10.5 Å². The molecule has 1 heterocycles. The van der Waals surface area contributed by atoms with Crippen LogP contribution in [0.3, 0.4) is 0 Å². The van der Waals surface area contributed by atoms with Gasteiger partial charge >= 0.3 is 0 Å². The molecule has 0 radical (unpaired) electrons. The number of amides is 1. The molecular weight excluding hydrogens is 300 g/mol. The van der Waals surface area contributed by atoms with E-state index in [2.05, 4.69) is 16.8 Å². The smallest absolute Gasteiger partial charge is 0.230 e. The maximum absolute atomic E-state index is 11.3. The molecule has 22 heavy (non-hydrogen) atoms. The number of para-hydroxylation sites is 1. The average Bonchev–Trinajstić information content (AvgIpc) is 2.90. The van der Waals surface area contributed by atoms with E-state index >= 15 is 0 Å². The molecule has 1 aromatic heterocycles. The zero-order valence-electron chi connectivity index (χ0n) is 12.5. The van der Waals surface area contributed by atoms with Gasteiger partial charge in [-0.15, -0.1) is 16.8 Å². The van der Waals surface area contributed by atoms with Gasteiger partial charge in [-0.1, -0.05) is 30.0 Å². The SMILES string of the molecule is C=CCn1c(SC(C)C(N)=O)nnc1-c1ccccc1OC. The molecule has 0 bridgehead atoms. The van der Waals surface area contributed by atoms with Crippen LogP contribution in [0.25, 0.3) is 11.4 Å². The van der Waals surface area contributed by atoms with E-state index in [9.17, 15) is 4.79 Å². The summed E-state index contributed by atoms with van der Waals surface area (Å²) in [5.41, 5.74) is 6.15. The Bertz CT molecular complexity index is 684. The number of nitrogens with two attached hydrogens (primary N) is 1. The van der Waals surface area contributed by atoms with Crippen molar-refractivity contribution >= 4 is 17.7 Å². The lowest BCUT2D eigenvalue weighted by Gasteiger charge is -2.11. The second-order valence-electron chi connectivity index (χ2n) is 4.57. The lowest BCUT2D eigenvalue weighted by molar-refractivity contribution is -0.117. The molecule has 1 aromatic carbocycles. The number of ether oxygens (including phenoxy) is 1. The highest BCUT2D eigenvalue weighted by atomic mass is 32.2. The van der Waals surface area contributed by atoms with Crippen molar-refractivity contribution in [2.75, 3.05) is 7.11 Å². The van der Waals surface area contributed by atoms with Gasteiger partial charge in [0.05, 0.1) is 17.9 Å². The Hall–Kier alpha value is -2.28. The Balaban J connectivity index is 2.46. The molecule has 0 aliphatic rings. The maximum atomic E-state index is 11.3. The van der Waals surface area contributed by atoms with Crippen molar-refractivity contribution in [3.05, 3.63) is 36.9 Å². The van der Waals surface area contributed by atoms with Crippen LogP contribution in [-0.2, 0) is 11.3 Å². The topological polar surface area (TPSA) is 83.0 Å². The van der Waals surface area contributed by atoms with E-state index in [-0.39, 0.29) is 0 Å². The fraction of sp³-hybridized carbons (Fsp3) is 0.267. The van der Waals surface area contributed by atoms with Gasteiger partial charge in [-0.05, 0) is 19.1 Å². The van der Waals surface area contributed by atoms with Crippen LogP contribution in [0.4, 0.5) is 0 Å². The number of thioether (sulfide) groups is 1. The molecule has 2 aromatic rings. The molecule has 1 atom stereocenters. The summed E-state index contributed by atoms with van der Waals surface area (Å²) >= 11 is 1.27. The highest BCUT2D eigenvalue weighted by Gasteiger charge is 2.20. The summed E-state index contributed by atoms with van der Waals surface area (Å²) in [6.07, 6.45) is 1.75. The molecule has 0 fully saturated rings. The summed E-state index contributed by atoms with van der Waals surface area (Å²) in [7, 11) is 1.61. The van der Waals surface area contributed by atoms with Crippen molar-refractivity contribution in [3.8, 4) is 17.1 Å². The molecular formula is C15H18N4O2S. The Morgan fingerprint density at radius 1 is 1.50 bits per heavy atom. The van der Waals surface area contributed by atoms with E-state index in [0.29, 0.717) is 23.3 Å². The standard InChI is InChI=1S/C15H18N4O2S/c1-4-9-19-14(11-7-5-6-8-12(11)21-3)17-18-15(19)22-10(2)13(16)20/h4-8,10H,1,9H2,2-3H3,(H2,16,20). The normalized spacial score (nSPS) is 11.9. The zero-order valence-corrected chi connectivity index (χ0v) is 13.3. The van der Waals surface area contributed by atoms with E-state index in [1.54, 1.807) is 20.1 Å². The third-order valence-electron chi connectivity index (χ3n) is 3.06. The minimum Gasteiger partial charge on any atom is -0.496 e. The fourth-order valence-corrected chi connectivity index (χ4v) is 2.72. The van der Waals surface area contributed by atoms with Gasteiger partial charge in [-0.3, -0.25) is 9.36 Å². The van der Waals surface area contributed by atoms with Gasteiger partial charge in [0.15, 0.2) is 11.0 Å². The number of methoxy groups -OCH3 is 1. The van der Waals surface area contributed by atoms with Crippen molar-refractivity contribution in [2.24, 2.45) is 5.73 Å². The summed E-state index contributed by atoms with van der Waals surface area (Å²) in [4.78, 5) is 11.3. The fourth-order valence-electron chi connectivity index (χ4n) is 1.91. The van der Waals surface area contributed by atoms with Crippen LogP contribution in [0.15, 0.2) is 42.1 Å². The van der Waals surface area contributed by atoms with Gasteiger partial charge in [0.1, 0.15) is 5.75 Å². The van der Waals surface area contributed by atoms with E-state index < -0.39 is 11.2 Å². The molecule has 116 valence electrons. The predicted octanol–water partition coefficient (Wildman–Crippen LogP) is 2.11. The second-order valence-corrected chi connectivity index (χ2v) is 5.88. The summed E-state index contributed by atoms with van der Waals surface area (Å²) < 4.78 is 7.26. The summed E-state index contributed by atoms with van der Waals surface area (Å²) in [5.74, 6) is 0.980. The van der Waals surface area contributed by atoms with Crippen LogP contribution < -0.4 is 10.5 Å². The molecule has 2 N–H and O–H groups in total. The number of allylic oxidation sites excluding steroid dienone is 1. The van der Waals surface area contributed by atoms with Crippen molar-refractivity contribution in [2.45, 2.75) is 23.9 Å². The van der Waals surface area contributed by atoms with Crippen molar-refractivity contribution in [1.82, 2.24) is 14.8 Å². The summed E-state index contributed by atoms with van der Waals surface area (Å²) in [6, 6.07) is 7.57. The van der Waals surface area contributed by atoms with Crippen LogP contribution in [0, 0.1) is 0 Å². The van der Waals surface area contributed by atoms with Crippen molar-refractivity contribution in [1.29, 1.82) is 0 Å². The van der Waals surface area contributed by atoms with E-state index in [0.717, 1.165) is 5.56 Å². The number of carbonyl (C=O) groups excluding carboxylic acids is 1. The number of aromatic nitrogens is 3. The summed E-state index contributed by atoms with van der Waals surface area (Å²) in [6.45, 7) is 6.02. The molecule has 6 nitrogen and oxygen atoms in total. The van der Waals surface area contributed by atoms with Crippen LogP contribution in [-0.4, -0.2) is 33.0 Å². The number of carbonyl (C=O) groups is 1. The Labute approximate surface area is 133 Å². The second kappa shape index (κ2) is 7.13. The number of hydrogen-bond acceptors (Lipinski definition) is 5. The average molecular weight is 318 g/mol. The first-order chi connectivity index (χ1) is 10.6. The van der Waals surface area contributed by atoms with Gasteiger partial charge in [0.2, 0.25) is 5.91 Å². The van der Waals surface area contributed by atoms with Gasteiger partial charge in [-0.2, -0.15) is 0 Å². The number of primary amides is 1. The zero-order chi connectivity index (χ0) is 16.1. The lowest BCUT2D eigenvalue weighted by atomic mass is 10.2. The molecule has 1 unspecified atom stereocenters. The van der Waals surface area contributed by atoms with Crippen LogP contribution in [0.5, 0.6) is 5.75 Å². The first kappa shape index (κ1) is 16.1. The van der Waals surface area contributed by atoms with Gasteiger partial charge in [0, 0.05) is 6.54 Å². The monoisotopic (exact) mass is 318 g/mol. The largest absolute Gasteiger partial charge is 0.496 e. The Morgan fingerprint density at radius 2 is 2.23 bits per heavy atom.